The van der Waals surface area contributed by atoms with Crippen molar-refractivity contribution >= 4 is 22.6 Å². The van der Waals surface area contributed by atoms with Gasteiger partial charge in [0.15, 0.2) is 0 Å². The van der Waals surface area contributed by atoms with Crippen molar-refractivity contribution < 1.29 is 9.59 Å². The minimum absolute atomic E-state index is 0.316. The van der Waals surface area contributed by atoms with Crippen LogP contribution in [-0.4, -0.2) is 16.7 Å². The topological polar surface area (TPSA) is 37.4 Å². The van der Waals surface area contributed by atoms with Gasteiger partial charge in [0.05, 0.1) is 11.1 Å². The minimum atomic E-state index is -0.316. The van der Waals surface area contributed by atoms with E-state index in [1.165, 1.54) is 12.3 Å². The van der Waals surface area contributed by atoms with Crippen LogP contribution in [0.5, 0.6) is 0 Å². The van der Waals surface area contributed by atoms with Crippen molar-refractivity contribution in [2.75, 3.05) is 0 Å². The lowest BCUT2D eigenvalue weighted by atomic mass is 10.1. The largest absolute Gasteiger partial charge is 0.268 e. The molecular weight excluding hydrogens is 310 g/mol. The highest BCUT2D eigenvalue weighted by atomic mass is 16.2. The number of carbonyl (C=O) groups is 2. The molecule has 118 valence electrons. The van der Waals surface area contributed by atoms with E-state index in [0.29, 0.717) is 11.1 Å². The second-order valence-corrected chi connectivity index (χ2v) is 5.64. The van der Waals surface area contributed by atoms with Gasteiger partial charge >= 0.3 is 0 Å². The van der Waals surface area contributed by atoms with Crippen LogP contribution < -0.4 is 0 Å². The highest BCUT2D eigenvalue weighted by Crippen LogP contribution is 2.22. The molecule has 3 nitrogen and oxygen atoms in total. The molecule has 1 aliphatic rings. The van der Waals surface area contributed by atoms with Crippen LogP contribution >= 0.6 is 0 Å². The fourth-order valence-electron chi connectivity index (χ4n) is 2.91. The summed E-state index contributed by atoms with van der Waals surface area (Å²) in [5, 5.41) is 2.20. The standard InChI is InChI=1S/C22H13NO2/c24-21-19-13-3-4-14-20(19)22(25)23(21)15-6-5-9-17-11-7-10-16-8-1-2-12-18(16)17/h1-4,6-8,10-15H/b15-6+. The molecule has 0 radical (unpaired) electrons. The first-order chi connectivity index (χ1) is 12.3. The Hall–Kier alpha value is -3.64. The number of rotatable bonds is 1. The van der Waals surface area contributed by atoms with E-state index >= 15 is 0 Å². The minimum Gasteiger partial charge on any atom is -0.268 e. The summed E-state index contributed by atoms with van der Waals surface area (Å²) < 4.78 is 0. The first-order valence-electron chi connectivity index (χ1n) is 7.88. The van der Waals surface area contributed by atoms with Gasteiger partial charge in [0.2, 0.25) is 0 Å². The monoisotopic (exact) mass is 323 g/mol. The number of benzene rings is 3. The summed E-state index contributed by atoms with van der Waals surface area (Å²) in [6, 6.07) is 20.8. The Morgan fingerprint density at radius 2 is 1.40 bits per heavy atom. The Bertz CT molecular complexity index is 1060. The molecule has 3 aromatic rings. The molecule has 25 heavy (non-hydrogen) atoms. The lowest BCUT2D eigenvalue weighted by molar-refractivity contribution is 0.0721. The Morgan fingerprint density at radius 3 is 2.16 bits per heavy atom. The molecule has 0 saturated carbocycles. The number of hydrogen-bond acceptors (Lipinski definition) is 2. The average Bonchev–Trinajstić information content (AvgIpc) is 2.90. The van der Waals surface area contributed by atoms with E-state index in [1.807, 2.05) is 42.5 Å². The molecule has 1 heterocycles. The molecule has 0 aliphatic carbocycles. The molecule has 0 saturated heterocycles. The molecule has 1 aliphatic heterocycles. The molecule has 3 heteroatoms. The molecular formula is C22H13NO2. The number of nitrogens with zero attached hydrogens (tertiary/aromatic N) is 1. The van der Waals surface area contributed by atoms with Crippen molar-refractivity contribution in [3.05, 3.63) is 95.7 Å². The van der Waals surface area contributed by atoms with Crippen LogP contribution in [0.4, 0.5) is 0 Å². The number of amides is 2. The van der Waals surface area contributed by atoms with Gasteiger partial charge in [0, 0.05) is 17.8 Å². The van der Waals surface area contributed by atoms with Crippen molar-refractivity contribution in [1.29, 1.82) is 0 Å². The summed E-state index contributed by atoms with van der Waals surface area (Å²) in [4.78, 5) is 25.6. The van der Waals surface area contributed by atoms with E-state index in [2.05, 4.69) is 11.8 Å². The molecule has 0 fully saturated rings. The van der Waals surface area contributed by atoms with Crippen LogP contribution in [0.25, 0.3) is 10.8 Å². The van der Waals surface area contributed by atoms with Gasteiger partial charge < -0.3 is 0 Å². The van der Waals surface area contributed by atoms with Gasteiger partial charge in [-0.25, -0.2) is 4.90 Å². The van der Waals surface area contributed by atoms with E-state index < -0.39 is 0 Å². The predicted molar refractivity (Wildman–Crippen MR) is 96.9 cm³/mol. The summed E-state index contributed by atoms with van der Waals surface area (Å²) >= 11 is 0. The summed E-state index contributed by atoms with van der Waals surface area (Å²) in [5.41, 5.74) is 1.77. The maximum Gasteiger partial charge on any atom is 0.265 e. The number of imide groups is 1. The lowest BCUT2D eigenvalue weighted by Gasteiger charge is -2.05. The van der Waals surface area contributed by atoms with Gasteiger partial charge in [-0.3, -0.25) is 9.59 Å². The smallest absolute Gasteiger partial charge is 0.265 e. The van der Waals surface area contributed by atoms with Gasteiger partial charge in [-0.15, -0.1) is 0 Å². The SMILES string of the molecule is O=C1c2ccccc2C(=O)N1/C=C/C#Cc1cccc2ccccc12. The molecule has 0 bridgehead atoms. The highest BCUT2D eigenvalue weighted by Gasteiger charge is 2.33. The second-order valence-electron chi connectivity index (χ2n) is 5.64. The van der Waals surface area contributed by atoms with E-state index in [0.717, 1.165) is 21.2 Å². The quantitative estimate of drug-likeness (QED) is 0.501. The van der Waals surface area contributed by atoms with Gasteiger partial charge in [-0.1, -0.05) is 60.4 Å². The molecule has 0 spiro atoms. The molecule has 0 aromatic heterocycles. The molecule has 4 rings (SSSR count). The summed E-state index contributed by atoms with van der Waals surface area (Å²) in [7, 11) is 0. The van der Waals surface area contributed by atoms with Crippen LogP contribution in [0.2, 0.25) is 0 Å². The summed E-state index contributed by atoms with van der Waals surface area (Å²) in [6.45, 7) is 0. The average molecular weight is 323 g/mol. The van der Waals surface area contributed by atoms with Gasteiger partial charge in [0.1, 0.15) is 0 Å². The molecule has 2 amide bonds. The van der Waals surface area contributed by atoms with E-state index in [4.69, 9.17) is 0 Å². The van der Waals surface area contributed by atoms with Crippen molar-refractivity contribution in [2.24, 2.45) is 0 Å². The first kappa shape index (κ1) is 14.9. The molecule has 0 N–H and O–H groups in total. The second kappa shape index (κ2) is 6.10. The van der Waals surface area contributed by atoms with E-state index in [-0.39, 0.29) is 11.8 Å². The predicted octanol–water partition coefficient (Wildman–Crippen LogP) is 4.00. The van der Waals surface area contributed by atoms with E-state index in [1.54, 1.807) is 24.3 Å². The normalized spacial score (nSPS) is 13.2. The zero-order chi connectivity index (χ0) is 17.2. The maximum atomic E-state index is 12.3. The number of allylic oxidation sites excluding steroid dienone is 1. The Morgan fingerprint density at radius 1 is 0.760 bits per heavy atom. The van der Waals surface area contributed by atoms with Crippen molar-refractivity contribution in [2.45, 2.75) is 0 Å². The summed E-state index contributed by atoms with van der Waals surface area (Å²) in [6.07, 6.45) is 2.96. The lowest BCUT2D eigenvalue weighted by Crippen LogP contribution is -2.23. The van der Waals surface area contributed by atoms with Crippen molar-refractivity contribution in [3.63, 3.8) is 0 Å². The van der Waals surface area contributed by atoms with E-state index in [9.17, 15) is 9.59 Å². The van der Waals surface area contributed by atoms with Gasteiger partial charge in [-0.2, -0.15) is 0 Å². The Kier molecular flexibility index (Phi) is 3.64. The third-order valence-electron chi connectivity index (χ3n) is 4.13. The summed E-state index contributed by atoms with van der Waals surface area (Å²) in [5.74, 6) is 5.36. The maximum absolute atomic E-state index is 12.3. The van der Waals surface area contributed by atoms with Crippen LogP contribution in [0.3, 0.4) is 0 Å². The van der Waals surface area contributed by atoms with Crippen LogP contribution in [0.1, 0.15) is 26.3 Å². The van der Waals surface area contributed by atoms with Crippen molar-refractivity contribution in [3.8, 4) is 11.8 Å². The fourth-order valence-corrected chi connectivity index (χ4v) is 2.91. The number of carbonyl (C=O) groups excluding carboxylic acids is 2. The van der Waals surface area contributed by atoms with Gasteiger partial charge in [-0.05, 0) is 29.0 Å². The van der Waals surface area contributed by atoms with Crippen molar-refractivity contribution in [1.82, 2.24) is 4.90 Å². The number of fused-ring (bicyclic) bond motifs is 2. The molecule has 3 aromatic carbocycles. The van der Waals surface area contributed by atoms with Crippen LogP contribution in [0.15, 0.2) is 79.0 Å². The molecule has 0 unspecified atom stereocenters. The Labute approximate surface area is 145 Å². The van der Waals surface area contributed by atoms with Crippen LogP contribution in [0, 0.1) is 11.8 Å². The Balaban J connectivity index is 1.60. The molecule has 0 atom stereocenters. The fraction of sp³-hybridized carbons (Fsp3) is 0. The zero-order valence-electron chi connectivity index (χ0n) is 13.3. The number of hydrogen-bond donors (Lipinski definition) is 0. The van der Waals surface area contributed by atoms with Crippen LogP contribution in [-0.2, 0) is 0 Å². The third-order valence-corrected chi connectivity index (χ3v) is 4.13. The highest BCUT2D eigenvalue weighted by molar-refractivity contribution is 6.22. The zero-order valence-corrected chi connectivity index (χ0v) is 13.3. The third kappa shape index (κ3) is 2.60. The van der Waals surface area contributed by atoms with Gasteiger partial charge in [0.25, 0.3) is 11.8 Å². The first-order valence-corrected chi connectivity index (χ1v) is 7.88.